The zero-order chi connectivity index (χ0) is 13.6. The Morgan fingerprint density at radius 1 is 1.17 bits per heavy atom. The van der Waals surface area contributed by atoms with E-state index in [0.717, 1.165) is 19.1 Å². The highest BCUT2D eigenvalue weighted by Gasteiger charge is 2.28. The quantitative estimate of drug-likeness (QED) is 0.774. The molecule has 1 saturated carbocycles. The maximum absolute atomic E-state index is 6.27. The Kier molecular flexibility index (Phi) is 6.65. The van der Waals surface area contributed by atoms with E-state index in [-0.39, 0.29) is 5.41 Å². The van der Waals surface area contributed by atoms with Crippen LogP contribution in [-0.4, -0.2) is 25.3 Å². The average Bonchev–Trinajstić information content (AvgIpc) is 2.33. The van der Waals surface area contributed by atoms with E-state index in [0.29, 0.717) is 12.1 Å². The summed E-state index contributed by atoms with van der Waals surface area (Å²) in [6.07, 6.45) is 7.15. The summed E-state index contributed by atoms with van der Waals surface area (Å²) in [7, 11) is 0. The first-order chi connectivity index (χ1) is 8.49. The fourth-order valence-corrected chi connectivity index (χ4v) is 2.94. The molecule has 108 valence electrons. The van der Waals surface area contributed by atoms with Crippen LogP contribution in [0.15, 0.2) is 0 Å². The second-order valence-electron chi connectivity index (χ2n) is 6.80. The van der Waals surface area contributed by atoms with Crippen molar-refractivity contribution in [3.05, 3.63) is 0 Å². The summed E-state index contributed by atoms with van der Waals surface area (Å²) in [6, 6.07) is 0.460. The second-order valence-corrected chi connectivity index (χ2v) is 6.80. The Morgan fingerprint density at radius 2 is 1.83 bits per heavy atom. The summed E-state index contributed by atoms with van der Waals surface area (Å²) in [5.41, 5.74) is 0.270. The topological polar surface area (TPSA) is 21.3 Å². The highest BCUT2D eigenvalue weighted by atomic mass is 16.5. The molecule has 0 aromatic rings. The Labute approximate surface area is 114 Å². The molecule has 1 fully saturated rings. The first-order valence-corrected chi connectivity index (χ1v) is 7.84. The van der Waals surface area contributed by atoms with Crippen LogP contribution in [0, 0.1) is 11.3 Å². The number of hydrogen-bond donors (Lipinski definition) is 1. The largest absolute Gasteiger partial charge is 0.376 e. The van der Waals surface area contributed by atoms with Gasteiger partial charge < -0.3 is 10.1 Å². The van der Waals surface area contributed by atoms with Crippen LogP contribution in [0.4, 0.5) is 0 Å². The van der Waals surface area contributed by atoms with E-state index in [1.807, 2.05) is 0 Å². The van der Waals surface area contributed by atoms with Crippen LogP contribution in [-0.2, 0) is 4.74 Å². The smallest absolute Gasteiger partial charge is 0.0628 e. The summed E-state index contributed by atoms with van der Waals surface area (Å²) in [6.45, 7) is 13.2. The van der Waals surface area contributed by atoms with Gasteiger partial charge in [-0.15, -0.1) is 0 Å². The first-order valence-electron chi connectivity index (χ1n) is 7.84. The number of likely N-dealkylation sites (N-methyl/N-ethyl adjacent to an activating group) is 1. The molecule has 0 spiro atoms. The van der Waals surface area contributed by atoms with Crippen LogP contribution in [0.3, 0.4) is 0 Å². The van der Waals surface area contributed by atoms with Gasteiger partial charge in [-0.2, -0.15) is 0 Å². The third-order valence-electron chi connectivity index (χ3n) is 4.34. The van der Waals surface area contributed by atoms with Gasteiger partial charge in [0.2, 0.25) is 0 Å². The highest BCUT2D eigenvalue weighted by molar-refractivity contribution is 4.82. The minimum absolute atomic E-state index is 0.270. The fraction of sp³-hybridized carbons (Fsp3) is 1.00. The molecular formula is C16H33NO. The van der Waals surface area contributed by atoms with Gasteiger partial charge in [0.25, 0.3) is 0 Å². The molecule has 0 saturated heterocycles. The molecular weight excluding hydrogens is 222 g/mol. The molecule has 3 unspecified atom stereocenters. The minimum atomic E-state index is 0.270. The molecule has 0 radical (unpaired) electrons. The van der Waals surface area contributed by atoms with Crippen LogP contribution >= 0.6 is 0 Å². The van der Waals surface area contributed by atoms with Crippen molar-refractivity contribution in [2.45, 2.75) is 78.9 Å². The van der Waals surface area contributed by atoms with E-state index in [1.54, 1.807) is 0 Å². The molecule has 0 aliphatic heterocycles. The van der Waals surface area contributed by atoms with Crippen molar-refractivity contribution in [3.8, 4) is 0 Å². The molecule has 1 N–H and O–H groups in total. The molecule has 1 aliphatic carbocycles. The van der Waals surface area contributed by atoms with Gasteiger partial charge in [-0.3, -0.25) is 0 Å². The summed E-state index contributed by atoms with van der Waals surface area (Å²) >= 11 is 0. The number of ether oxygens (including phenoxy) is 1. The van der Waals surface area contributed by atoms with Crippen molar-refractivity contribution >= 4 is 0 Å². The lowest BCUT2D eigenvalue weighted by molar-refractivity contribution is -0.0336. The molecule has 2 heteroatoms. The average molecular weight is 255 g/mol. The van der Waals surface area contributed by atoms with E-state index >= 15 is 0 Å². The lowest BCUT2D eigenvalue weighted by Crippen LogP contribution is -2.45. The zero-order valence-electron chi connectivity index (χ0n) is 13.1. The van der Waals surface area contributed by atoms with Crippen LogP contribution in [0.25, 0.3) is 0 Å². The van der Waals surface area contributed by atoms with Crippen LogP contribution in [0.5, 0.6) is 0 Å². The number of nitrogens with one attached hydrogen (secondary N) is 1. The van der Waals surface area contributed by atoms with E-state index < -0.39 is 0 Å². The van der Waals surface area contributed by atoms with Gasteiger partial charge >= 0.3 is 0 Å². The Morgan fingerprint density at radius 3 is 2.39 bits per heavy atom. The van der Waals surface area contributed by atoms with Crippen molar-refractivity contribution in [1.82, 2.24) is 5.32 Å². The summed E-state index contributed by atoms with van der Waals surface area (Å²) in [4.78, 5) is 0. The monoisotopic (exact) mass is 255 g/mol. The normalized spacial score (nSPS) is 27.2. The molecule has 1 aliphatic rings. The van der Waals surface area contributed by atoms with Gasteiger partial charge in [-0.1, -0.05) is 53.9 Å². The van der Waals surface area contributed by atoms with Crippen molar-refractivity contribution in [2.24, 2.45) is 11.3 Å². The third kappa shape index (κ3) is 4.89. The van der Waals surface area contributed by atoms with E-state index in [1.165, 1.54) is 32.1 Å². The predicted octanol–water partition coefficient (Wildman–Crippen LogP) is 4.00. The third-order valence-corrected chi connectivity index (χ3v) is 4.34. The molecule has 0 aromatic carbocycles. The van der Waals surface area contributed by atoms with Crippen molar-refractivity contribution in [3.63, 3.8) is 0 Å². The maximum atomic E-state index is 6.27. The summed E-state index contributed by atoms with van der Waals surface area (Å²) in [5.74, 6) is 0.793. The van der Waals surface area contributed by atoms with Gasteiger partial charge in [0, 0.05) is 6.04 Å². The van der Waals surface area contributed by atoms with Gasteiger partial charge in [0.15, 0.2) is 0 Å². The molecule has 3 atom stereocenters. The van der Waals surface area contributed by atoms with Gasteiger partial charge in [0.05, 0.1) is 12.7 Å². The van der Waals surface area contributed by atoms with Gasteiger partial charge in [-0.25, -0.2) is 0 Å². The zero-order valence-corrected chi connectivity index (χ0v) is 13.1. The van der Waals surface area contributed by atoms with E-state index in [9.17, 15) is 0 Å². The lowest BCUT2D eigenvalue weighted by Gasteiger charge is -2.36. The highest BCUT2D eigenvalue weighted by Crippen LogP contribution is 2.30. The number of rotatable bonds is 6. The van der Waals surface area contributed by atoms with Crippen molar-refractivity contribution in [1.29, 1.82) is 0 Å². The predicted molar refractivity (Wildman–Crippen MR) is 78.9 cm³/mol. The van der Waals surface area contributed by atoms with E-state index in [4.69, 9.17) is 4.74 Å². The van der Waals surface area contributed by atoms with Crippen molar-refractivity contribution in [2.75, 3.05) is 13.2 Å². The van der Waals surface area contributed by atoms with Crippen LogP contribution in [0.2, 0.25) is 0 Å². The van der Waals surface area contributed by atoms with Gasteiger partial charge in [-0.05, 0) is 30.7 Å². The SMILES string of the molecule is CCNC(COC1CCCCC1CC)C(C)(C)C. The second kappa shape index (κ2) is 7.49. The molecule has 0 amide bonds. The van der Waals surface area contributed by atoms with Gasteiger partial charge in [0.1, 0.15) is 0 Å². The van der Waals surface area contributed by atoms with Crippen LogP contribution < -0.4 is 5.32 Å². The van der Waals surface area contributed by atoms with Crippen LogP contribution in [0.1, 0.15) is 66.7 Å². The maximum Gasteiger partial charge on any atom is 0.0628 e. The lowest BCUT2D eigenvalue weighted by atomic mass is 9.84. The minimum Gasteiger partial charge on any atom is -0.376 e. The molecule has 1 rings (SSSR count). The summed E-state index contributed by atoms with van der Waals surface area (Å²) in [5, 5.41) is 3.57. The number of hydrogen-bond acceptors (Lipinski definition) is 2. The van der Waals surface area contributed by atoms with E-state index in [2.05, 4.69) is 39.9 Å². The summed E-state index contributed by atoms with van der Waals surface area (Å²) < 4.78 is 6.27. The first kappa shape index (κ1) is 16.0. The molecule has 2 nitrogen and oxygen atoms in total. The molecule has 0 bridgehead atoms. The molecule has 18 heavy (non-hydrogen) atoms. The Hall–Kier alpha value is -0.0800. The Bertz CT molecular complexity index is 222. The Balaban J connectivity index is 2.45. The fourth-order valence-electron chi connectivity index (χ4n) is 2.94. The standard InChI is InChI=1S/C16H33NO/c1-6-13-10-8-9-11-14(13)18-12-15(17-7-2)16(3,4)5/h13-15,17H,6-12H2,1-5H3. The molecule has 0 heterocycles. The molecule has 0 aromatic heterocycles. The van der Waals surface area contributed by atoms with Crippen molar-refractivity contribution < 1.29 is 4.74 Å².